The summed E-state index contributed by atoms with van der Waals surface area (Å²) in [5.74, 6) is 5.53. The first-order valence-electron chi connectivity index (χ1n) is 26.8. The van der Waals surface area contributed by atoms with Crippen molar-refractivity contribution in [2.24, 2.45) is 17.2 Å². The number of aromatic nitrogens is 12. The number of thiol groups is 1. The van der Waals surface area contributed by atoms with E-state index in [-0.39, 0.29) is 33.4 Å². The Labute approximate surface area is 533 Å². The molecule has 5 heterocycles. The molecule has 8 atom stereocenters. The van der Waals surface area contributed by atoms with Gasteiger partial charge in [-0.1, -0.05) is 61.5 Å². The molecular formula is C58H107ClN16O6S4. The standard InChI is InChI=1S/C12H15ClO.C12H19NO.3C8H15N3OS.C7H11N3O.2CH5N.CH4S.H3N/c2*1-8(2)9(3)6-7-10(4)11(5)12(13)14;3*1-7(13-3)8(2,12)4-11-6-9-5-10-11;1-6-7(2,11-6)3-10-5-8-4-9-10;3*1-2;/h1-5H3;6-7H,1-5H3,(H2,13,14);3*5-7,12H,4H2,1-3H3;4-6H,3H2,1-2H3;2*2H2,1H3;2H,1H3;1H3/b11-10-;7-6?,11-10-;;;;;;;;. The number of hydrogen-bond acceptors (Lipinski definition) is 21. The zero-order valence-electron chi connectivity index (χ0n) is 55.3. The molecule has 0 aromatic carbocycles. The van der Waals surface area contributed by atoms with Crippen molar-refractivity contribution >= 4 is 70.7 Å². The molecule has 5 rings (SSSR count). The molecule has 0 aliphatic carbocycles. The van der Waals surface area contributed by atoms with Crippen LogP contribution >= 0.6 is 59.5 Å². The predicted octanol–water partition coefficient (Wildman–Crippen LogP) is 8.82. The maximum absolute atomic E-state index is 10.8. The smallest absolute Gasteiger partial charge is 0.248 e. The van der Waals surface area contributed by atoms with Crippen molar-refractivity contribution in [2.45, 2.75) is 195 Å². The van der Waals surface area contributed by atoms with E-state index in [0.29, 0.717) is 36.9 Å². The first-order chi connectivity index (χ1) is 39.1. The van der Waals surface area contributed by atoms with Crippen molar-refractivity contribution in [3.8, 4) is 11.8 Å². The summed E-state index contributed by atoms with van der Waals surface area (Å²) in [6.07, 6.45) is 24.4. The van der Waals surface area contributed by atoms with Gasteiger partial charge in [-0.15, -0.1) is 0 Å². The van der Waals surface area contributed by atoms with E-state index in [1.807, 2.05) is 107 Å². The van der Waals surface area contributed by atoms with Gasteiger partial charge in [0.1, 0.15) is 56.2 Å². The van der Waals surface area contributed by atoms with E-state index < -0.39 is 22.0 Å². The lowest BCUT2D eigenvalue weighted by molar-refractivity contribution is -0.114. The second kappa shape index (κ2) is 47.4. The number of nitrogens with two attached hydrogens (primary N) is 3. The molecule has 486 valence electrons. The van der Waals surface area contributed by atoms with Crippen LogP contribution in [0, 0.1) is 11.8 Å². The number of hydrogen-bond donors (Lipinski definition) is 8. The van der Waals surface area contributed by atoms with Crippen molar-refractivity contribution in [1.82, 2.24) is 65.2 Å². The molecule has 1 amide bonds. The highest BCUT2D eigenvalue weighted by atomic mass is 35.5. The summed E-state index contributed by atoms with van der Waals surface area (Å²) in [5.41, 5.74) is 19.4. The minimum absolute atomic E-state index is 0. The van der Waals surface area contributed by atoms with Gasteiger partial charge in [0.05, 0.1) is 49.1 Å². The molecule has 8 unspecified atom stereocenters. The molecular weight excluding hydrogens is 1180 g/mol. The fraction of sp³-hybridized carbons (Fsp3) is 0.621. The van der Waals surface area contributed by atoms with Crippen molar-refractivity contribution in [3.63, 3.8) is 0 Å². The molecule has 27 heteroatoms. The number of epoxide rings is 1. The molecule has 1 aliphatic rings. The van der Waals surface area contributed by atoms with E-state index in [2.05, 4.69) is 104 Å². The van der Waals surface area contributed by atoms with Gasteiger partial charge >= 0.3 is 0 Å². The first-order valence-corrected chi connectivity index (χ1v) is 31.9. The lowest BCUT2D eigenvalue weighted by Gasteiger charge is -2.28. The third kappa shape index (κ3) is 39.0. The largest absolute Gasteiger partial charge is 0.387 e. The number of nitrogens with zero attached hydrogens (tertiary/aromatic N) is 12. The van der Waals surface area contributed by atoms with Crippen molar-refractivity contribution in [2.75, 3.05) is 39.1 Å². The van der Waals surface area contributed by atoms with Gasteiger partial charge in [0.15, 0.2) is 0 Å². The molecule has 1 fully saturated rings. The highest BCUT2D eigenvalue weighted by Crippen LogP contribution is 2.36. The SMILES string of the molecule is CC(C)=C(C)C#C/C(C)=C(/C)C(=O)Cl.CC(C)=C(C)C=C/C(C)=C(/C)C(N)=O.CC1OC1(C)Cn1cncn1.CN.CN.CS.CSC(C)C(C)(O)Cn1cncn1.CSC(C)C(C)(O)Cn1cncn1.CSC(C)C(C)(O)Cn1cncn1.N. The Bertz CT molecular complexity index is 2480. The number of amides is 1. The van der Waals surface area contributed by atoms with Crippen LogP contribution in [0.5, 0.6) is 0 Å². The topological polar surface area (TPSA) is 343 Å². The molecule has 1 saturated heterocycles. The number of ether oxygens (including phenoxy) is 1. The van der Waals surface area contributed by atoms with Gasteiger partial charge in [-0.3, -0.25) is 23.6 Å². The Balaban J connectivity index is -0.000000295. The zero-order valence-corrected chi connectivity index (χ0v) is 59.4. The minimum atomic E-state index is -0.743. The summed E-state index contributed by atoms with van der Waals surface area (Å²) in [5, 5.41) is 46.1. The quantitative estimate of drug-likeness (QED) is 0.0115. The minimum Gasteiger partial charge on any atom is -0.387 e. The van der Waals surface area contributed by atoms with Crippen LogP contribution in [0.1, 0.15) is 125 Å². The second-order valence-corrected chi connectivity index (χ2v) is 24.1. The fourth-order valence-corrected chi connectivity index (χ4v) is 7.42. The number of rotatable bonds is 18. The van der Waals surface area contributed by atoms with E-state index in [1.54, 1.807) is 106 Å². The zero-order chi connectivity index (χ0) is 66.2. The summed E-state index contributed by atoms with van der Waals surface area (Å²) >= 11 is 13.8. The summed E-state index contributed by atoms with van der Waals surface area (Å²) in [6.45, 7) is 37.0. The number of carbonyl (C=O) groups excluding carboxylic acids is 2. The summed E-state index contributed by atoms with van der Waals surface area (Å²) in [6, 6.07) is 0. The number of carbonyl (C=O) groups is 2. The van der Waals surface area contributed by atoms with Gasteiger partial charge in [-0.05, 0) is 166 Å². The Hall–Kier alpha value is -4.63. The van der Waals surface area contributed by atoms with Crippen LogP contribution < -0.4 is 23.4 Å². The van der Waals surface area contributed by atoms with Gasteiger partial charge in [-0.25, -0.2) is 24.6 Å². The maximum Gasteiger partial charge on any atom is 0.248 e. The summed E-state index contributed by atoms with van der Waals surface area (Å²) in [7, 11) is 3.00. The van der Waals surface area contributed by atoms with Crippen LogP contribution in [-0.4, -0.2) is 169 Å². The molecule has 4 aromatic rings. The number of aliphatic hydroxyl groups is 3. The molecule has 4 aromatic heterocycles. The fourth-order valence-electron chi connectivity index (χ4n) is 5.54. The molecule has 0 saturated carbocycles. The van der Waals surface area contributed by atoms with E-state index in [9.17, 15) is 24.9 Å². The lowest BCUT2D eigenvalue weighted by atomic mass is 10.0. The van der Waals surface area contributed by atoms with Gasteiger partial charge in [0, 0.05) is 32.5 Å². The van der Waals surface area contributed by atoms with E-state index in [1.165, 1.54) is 56.1 Å². The lowest BCUT2D eigenvalue weighted by Crippen LogP contribution is -2.39. The van der Waals surface area contributed by atoms with Crippen molar-refractivity contribution in [1.29, 1.82) is 0 Å². The Morgan fingerprint density at radius 3 is 1.15 bits per heavy atom. The van der Waals surface area contributed by atoms with Gasteiger partial charge in [0.2, 0.25) is 11.1 Å². The van der Waals surface area contributed by atoms with E-state index in [4.69, 9.17) is 22.1 Å². The van der Waals surface area contributed by atoms with Gasteiger partial charge in [0.25, 0.3) is 0 Å². The third-order valence-electron chi connectivity index (χ3n) is 13.1. The van der Waals surface area contributed by atoms with Crippen LogP contribution in [-0.2, 0) is 40.5 Å². The normalized spacial score (nSPS) is 17.0. The predicted molar refractivity (Wildman–Crippen MR) is 362 cm³/mol. The van der Waals surface area contributed by atoms with Gasteiger partial charge in [-0.2, -0.15) is 68.3 Å². The first kappa shape index (κ1) is 89.1. The molecule has 0 spiro atoms. The molecule has 22 nitrogen and oxygen atoms in total. The molecule has 85 heavy (non-hydrogen) atoms. The molecule has 1 aliphatic heterocycles. The summed E-state index contributed by atoms with van der Waals surface area (Å²) in [4.78, 5) is 37.0. The number of primary amides is 1. The van der Waals surface area contributed by atoms with E-state index >= 15 is 0 Å². The molecule has 0 radical (unpaired) electrons. The molecule has 12 N–H and O–H groups in total. The van der Waals surface area contributed by atoms with E-state index in [0.717, 1.165) is 23.3 Å². The van der Waals surface area contributed by atoms with Crippen LogP contribution in [0.25, 0.3) is 0 Å². The summed E-state index contributed by atoms with van der Waals surface area (Å²) < 4.78 is 12.1. The monoisotopic (exact) mass is 1290 g/mol. The highest BCUT2D eigenvalue weighted by molar-refractivity contribution is 7.99. The van der Waals surface area contributed by atoms with Crippen LogP contribution in [0.15, 0.2) is 107 Å². The Morgan fingerprint density at radius 1 is 0.624 bits per heavy atom. The molecule has 0 bridgehead atoms. The number of allylic oxidation sites excluding steroid dienone is 9. The number of thioether (sulfide) groups is 3. The Kier molecular flexibility index (Phi) is 49.7. The van der Waals surface area contributed by atoms with Crippen molar-refractivity contribution < 1.29 is 29.6 Å². The number of halogens is 1. The maximum atomic E-state index is 10.8. The average molecular weight is 1290 g/mol. The van der Waals surface area contributed by atoms with Crippen LogP contribution in [0.3, 0.4) is 0 Å². The highest BCUT2D eigenvalue weighted by Gasteiger charge is 2.49. The van der Waals surface area contributed by atoms with Crippen LogP contribution in [0.2, 0.25) is 0 Å². The van der Waals surface area contributed by atoms with Gasteiger partial charge < -0.3 is 43.4 Å². The van der Waals surface area contributed by atoms with Crippen molar-refractivity contribution in [3.05, 3.63) is 107 Å². The Morgan fingerprint density at radius 2 is 0.918 bits per heavy atom. The average Bonchev–Trinajstić information content (AvgIpc) is 4.07. The second-order valence-electron chi connectivity index (χ2n) is 20.2. The third-order valence-corrected chi connectivity index (χ3v) is 17.0. The van der Waals surface area contributed by atoms with Crippen LogP contribution in [0.4, 0.5) is 0 Å².